The number of aromatic amines is 1. The molecule has 1 N–H and O–H groups in total. The molecule has 1 aliphatic rings. The first-order valence-corrected chi connectivity index (χ1v) is 12.4. The lowest BCUT2D eigenvalue weighted by molar-refractivity contribution is -0.0555. The Bertz CT molecular complexity index is 1110. The first-order valence-electron chi connectivity index (χ1n) is 10.9. The van der Waals surface area contributed by atoms with E-state index in [1.54, 1.807) is 27.7 Å². The molecule has 1 aliphatic heterocycles. The fraction of sp³-hybridized carbons (Fsp3) is 0.524. The van der Waals surface area contributed by atoms with E-state index in [1.807, 2.05) is 0 Å². The van der Waals surface area contributed by atoms with Crippen LogP contribution in [0.1, 0.15) is 39.5 Å². The zero-order valence-corrected chi connectivity index (χ0v) is 21.5. The molecule has 0 fully saturated rings. The predicted octanol–water partition coefficient (Wildman–Crippen LogP) is 2.83. The van der Waals surface area contributed by atoms with Gasteiger partial charge in [0, 0.05) is 6.20 Å². The second kappa shape index (κ2) is 13.9. The summed E-state index contributed by atoms with van der Waals surface area (Å²) in [4.78, 5) is 49.0. The number of ether oxygens (including phenoxy) is 5. The summed E-state index contributed by atoms with van der Waals surface area (Å²) in [6.45, 7) is 7.71. The first kappa shape index (κ1) is 30.0. The number of aromatic nitrogens is 2. The molecule has 2 atom stereocenters. The van der Waals surface area contributed by atoms with E-state index in [2.05, 4.69) is 21.0 Å². The number of hydrogen-bond acceptors (Lipinski definition) is 13. The van der Waals surface area contributed by atoms with E-state index in [-0.39, 0.29) is 5.56 Å². The molecule has 0 unspecified atom stereocenters. The van der Waals surface area contributed by atoms with Crippen molar-refractivity contribution in [2.24, 2.45) is 0 Å². The van der Waals surface area contributed by atoms with Gasteiger partial charge in [-0.2, -0.15) is 0 Å². The van der Waals surface area contributed by atoms with Gasteiger partial charge in [-0.3, -0.25) is 18.9 Å². The van der Waals surface area contributed by atoms with Gasteiger partial charge >= 0.3 is 25.8 Å². The molecule has 0 saturated carbocycles. The Morgan fingerprint density at radius 3 is 2.14 bits per heavy atom. The Morgan fingerprint density at radius 2 is 1.62 bits per heavy atom. The van der Waals surface area contributed by atoms with E-state index in [0.29, 0.717) is 0 Å². The van der Waals surface area contributed by atoms with Gasteiger partial charge < -0.3 is 23.7 Å². The minimum Gasteiger partial charge on any atom is -0.432 e. The number of H-pyrrole nitrogens is 1. The molecule has 1 aromatic rings. The van der Waals surface area contributed by atoms with Gasteiger partial charge in [0.05, 0.1) is 24.4 Å². The summed E-state index contributed by atoms with van der Waals surface area (Å²) in [5.74, 6) is 0. The Balaban J connectivity index is 1.99. The second-order valence-electron chi connectivity index (χ2n) is 7.76. The summed E-state index contributed by atoms with van der Waals surface area (Å²) < 4.78 is 53.7. The van der Waals surface area contributed by atoms with Crippen LogP contribution in [0.5, 0.6) is 0 Å². The van der Waals surface area contributed by atoms with Crippen LogP contribution in [0.15, 0.2) is 34.5 Å². The molecule has 0 aliphatic carbocycles. The topological polar surface area (TPSA) is 180 Å². The average Bonchev–Trinajstić information content (AvgIpc) is 3.26. The standard InChI is InChI=1S/C21H29N2O13P/c1-6-15-9-23(19(25)22-18(15)24)17-8-7-16(36-17)10-31-37(28,32-11-29-20(26)34-13(2)3)33-12-30-21(27)35-14(4)5/h6-9,13-14,16-17H,1,10-12H2,2-5H3,(H,22,24,25)/t16-,17+/m0/s1. The highest BCUT2D eigenvalue weighted by Gasteiger charge is 2.32. The highest BCUT2D eigenvalue weighted by molar-refractivity contribution is 7.48. The van der Waals surface area contributed by atoms with E-state index in [9.17, 15) is 23.7 Å². The van der Waals surface area contributed by atoms with E-state index < -0.39 is 76.1 Å². The van der Waals surface area contributed by atoms with Gasteiger partial charge in [-0.05, 0) is 33.8 Å². The number of hydrogen-bond donors (Lipinski definition) is 1. The van der Waals surface area contributed by atoms with Crippen LogP contribution < -0.4 is 11.2 Å². The van der Waals surface area contributed by atoms with E-state index in [1.165, 1.54) is 24.4 Å². The minimum atomic E-state index is -4.48. The SMILES string of the molecule is C=Cc1cn([C@H]2C=C[C@@H](COP(=O)(OCOC(=O)OC(C)C)OCOC(=O)OC(C)C)O2)c(=O)[nH]c1=O. The summed E-state index contributed by atoms with van der Waals surface area (Å²) in [5.41, 5.74) is -1.18. The summed E-state index contributed by atoms with van der Waals surface area (Å²) in [6, 6.07) is 0. The number of phosphoric acid groups is 1. The number of phosphoric ester groups is 1. The van der Waals surface area contributed by atoms with Gasteiger partial charge in [0.15, 0.2) is 6.23 Å². The van der Waals surface area contributed by atoms with Crippen molar-refractivity contribution >= 4 is 26.2 Å². The maximum absolute atomic E-state index is 13.0. The van der Waals surface area contributed by atoms with Crippen molar-refractivity contribution in [2.45, 2.75) is 52.2 Å². The third-order valence-corrected chi connectivity index (χ3v) is 5.44. The van der Waals surface area contributed by atoms with Crippen LogP contribution in [0.2, 0.25) is 0 Å². The van der Waals surface area contributed by atoms with Crippen LogP contribution in [0.25, 0.3) is 6.08 Å². The summed E-state index contributed by atoms with van der Waals surface area (Å²) in [6.07, 6.45) is 0.684. The van der Waals surface area contributed by atoms with Crippen LogP contribution in [0.3, 0.4) is 0 Å². The van der Waals surface area contributed by atoms with Crippen LogP contribution >= 0.6 is 7.82 Å². The Kier molecular flexibility index (Phi) is 11.3. The van der Waals surface area contributed by atoms with Gasteiger partial charge in [-0.25, -0.2) is 28.0 Å². The molecule has 0 amide bonds. The van der Waals surface area contributed by atoms with E-state index >= 15 is 0 Å². The van der Waals surface area contributed by atoms with Crippen molar-refractivity contribution in [1.29, 1.82) is 0 Å². The van der Waals surface area contributed by atoms with Crippen molar-refractivity contribution in [3.63, 3.8) is 0 Å². The van der Waals surface area contributed by atoms with Crippen molar-refractivity contribution in [3.8, 4) is 0 Å². The average molecular weight is 548 g/mol. The zero-order valence-electron chi connectivity index (χ0n) is 20.6. The van der Waals surface area contributed by atoms with E-state index in [4.69, 9.17) is 27.8 Å². The highest BCUT2D eigenvalue weighted by Crippen LogP contribution is 2.49. The molecule has 1 aromatic heterocycles. The monoisotopic (exact) mass is 548 g/mol. The van der Waals surface area contributed by atoms with Gasteiger partial charge in [0.2, 0.25) is 13.6 Å². The maximum atomic E-state index is 13.0. The molecule has 0 radical (unpaired) electrons. The molecule has 2 rings (SSSR count). The van der Waals surface area contributed by atoms with Crippen LogP contribution in [0, 0.1) is 0 Å². The number of rotatable bonds is 13. The molecular formula is C21H29N2O13P. The Hall–Kier alpha value is -3.23. The van der Waals surface area contributed by atoms with Crippen LogP contribution in [0.4, 0.5) is 9.59 Å². The zero-order chi connectivity index (χ0) is 27.6. The molecule has 2 heterocycles. The molecule has 0 bridgehead atoms. The normalized spacial score (nSPS) is 17.1. The third-order valence-electron chi connectivity index (χ3n) is 4.13. The fourth-order valence-electron chi connectivity index (χ4n) is 2.58. The lowest BCUT2D eigenvalue weighted by Crippen LogP contribution is -2.33. The van der Waals surface area contributed by atoms with Gasteiger partial charge in [-0.15, -0.1) is 0 Å². The largest absolute Gasteiger partial charge is 0.510 e. The second-order valence-corrected chi connectivity index (χ2v) is 9.43. The third kappa shape index (κ3) is 9.98. The van der Waals surface area contributed by atoms with E-state index in [0.717, 1.165) is 4.57 Å². The quantitative estimate of drug-likeness (QED) is 0.165. The van der Waals surface area contributed by atoms with Crippen molar-refractivity contribution in [3.05, 3.63) is 51.3 Å². The minimum absolute atomic E-state index is 0.148. The molecule has 0 aromatic carbocycles. The Morgan fingerprint density at radius 1 is 1.05 bits per heavy atom. The molecule has 15 nitrogen and oxygen atoms in total. The number of nitrogens with zero attached hydrogens (tertiary/aromatic N) is 1. The molecule has 0 saturated heterocycles. The lowest BCUT2D eigenvalue weighted by Gasteiger charge is -2.20. The fourth-order valence-corrected chi connectivity index (χ4v) is 3.50. The molecular weight excluding hydrogens is 519 g/mol. The smallest absolute Gasteiger partial charge is 0.432 e. The van der Waals surface area contributed by atoms with Crippen LogP contribution in [-0.2, 0) is 41.8 Å². The van der Waals surface area contributed by atoms with Gasteiger partial charge in [0.1, 0.15) is 6.10 Å². The van der Waals surface area contributed by atoms with Crippen molar-refractivity contribution in [2.75, 3.05) is 20.2 Å². The molecule has 0 spiro atoms. The number of carbonyl (C=O) groups excluding carboxylic acids is 2. The van der Waals surface area contributed by atoms with Gasteiger partial charge in [0.25, 0.3) is 5.56 Å². The number of nitrogens with one attached hydrogen (secondary N) is 1. The lowest BCUT2D eigenvalue weighted by atomic mass is 10.3. The summed E-state index contributed by atoms with van der Waals surface area (Å²) in [5, 5.41) is 0. The molecule has 206 valence electrons. The highest BCUT2D eigenvalue weighted by atomic mass is 31.2. The first-order chi connectivity index (χ1) is 17.4. The van der Waals surface area contributed by atoms with Crippen LogP contribution in [-0.4, -0.2) is 60.4 Å². The predicted molar refractivity (Wildman–Crippen MR) is 125 cm³/mol. The summed E-state index contributed by atoms with van der Waals surface area (Å²) in [7, 11) is -4.48. The number of carbonyl (C=O) groups is 2. The molecule has 37 heavy (non-hydrogen) atoms. The summed E-state index contributed by atoms with van der Waals surface area (Å²) >= 11 is 0. The maximum Gasteiger partial charge on any atom is 0.510 e. The van der Waals surface area contributed by atoms with Crippen molar-refractivity contribution in [1.82, 2.24) is 9.55 Å². The Labute approximate surface area is 211 Å². The molecule has 16 heteroatoms. The van der Waals surface area contributed by atoms with Crippen molar-refractivity contribution < 1.29 is 51.4 Å². The van der Waals surface area contributed by atoms with Gasteiger partial charge in [-0.1, -0.05) is 18.7 Å².